The average Bonchev–Trinajstić information content (AvgIpc) is 2.31. The summed E-state index contributed by atoms with van der Waals surface area (Å²) in [6, 6.07) is 1.58. The van der Waals surface area contributed by atoms with Crippen molar-refractivity contribution in [2.45, 2.75) is 26.3 Å². The van der Waals surface area contributed by atoms with E-state index >= 15 is 0 Å². The van der Waals surface area contributed by atoms with E-state index in [-0.39, 0.29) is 5.82 Å². The number of piperidine rings is 1. The summed E-state index contributed by atoms with van der Waals surface area (Å²) in [5, 5.41) is 3.07. The van der Waals surface area contributed by atoms with Gasteiger partial charge in [-0.05, 0) is 31.9 Å². The highest BCUT2D eigenvalue weighted by Gasteiger charge is 2.19. The van der Waals surface area contributed by atoms with Crippen molar-refractivity contribution in [1.29, 1.82) is 0 Å². The number of hydrogen-bond donors (Lipinski definition) is 1. The molecule has 3 nitrogen and oxygen atoms in total. The second kappa shape index (κ2) is 5.45. The molecular formula is C13H20FN3. The molecule has 1 aliphatic rings. The molecule has 1 aromatic rings. The molecule has 2 heterocycles. The minimum atomic E-state index is -0.260. The lowest BCUT2D eigenvalue weighted by molar-refractivity contribution is 0.435. The first-order chi connectivity index (χ1) is 8.20. The highest BCUT2D eigenvalue weighted by Crippen LogP contribution is 2.24. The van der Waals surface area contributed by atoms with Gasteiger partial charge in [-0.3, -0.25) is 0 Å². The third-order valence-electron chi connectivity index (χ3n) is 3.36. The molecule has 94 valence electrons. The predicted octanol–water partition coefficient (Wildman–Crippen LogP) is 2.18. The lowest BCUT2D eigenvalue weighted by atomic mass is 9.99. The van der Waals surface area contributed by atoms with Crippen molar-refractivity contribution in [2.24, 2.45) is 5.92 Å². The second-order valence-electron chi connectivity index (χ2n) is 4.84. The van der Waals surface area contributed by atoms with Gasteiger partial charge in [-0.1, -0.05) is 6.92 Å². The fraction of sp³-hybridized carbons (Fsp3) is 0.615. The minimum absolute atomic E-state index is 0.260. The molecule has 0 unspecified atom stereocenters. The van der Waals surface area contributed by atoms with Gasteiger partial charge >= 0.3 is 0 Å². The van der Waals surface area contributed by atoms with Crippen molar-refractivity contribution in [2.75, 3.05) is 25.0 Å². The summed E-state index contributed by atoms with van der Waals surface area (Å²) in [5.74, 6) is 1.47. The van der Waals surface area contributed by atoms with E-state index in [1.807, 2.05) is 7.05 Å². The number of anilines is 1. The van der Waals surface area contributed by atoms with E-state index in [1.54, 1.807) is 6.07 Å². The summed E-state index contributed by atoms with van der Waals surface area (Å²) in [7, 11) is 1.87. The summed E-state index contributed by atoms with van der Waals surface area (Å²) in [4.78, 5) is 6.53. The van der Waals surface area contributed by atoms with Crippen LogP contribution in [0.3, 0.4) is 0 Å². The Kier molecular flexibility index (Phi) is 3.94. The van der Waals surface area contributed by atoms with Gasteiger partial charge in [0.05, 0.1) is 6.20 Å². The first-order valence-corrected chi connectivity index (χ1v) is 6.24. The van der Waals surface area contributed by atoms with E-state index in [9.17, 15) is 4.39 Å². The molecule has 0 saturated carbocycles. The van der Waals surface area contributed by atoms with Crippen LogP contribution in [0.1, 0.15) is 25.3 Å². The molecule has 0 atom stereocenters. The molecule has 0 spiro atoms. The Labute approximate surface area is 102 Å². The van der Waals surface area contributed by atoms with E-state index in [4.69, 9.17) is 0 Å². The first kappa shape index (κ1) is 12.3. The predicted molar refractivity (Wildman–Crippen MR) is 67.6 cm³/mol. The maximum absolute atomic E-state index is 13.2. The third-order valence-corrected chi connectivity index (χ3v) is 3.36. The van der Waals surface area contributed by atoms with E-state index in [0.717, 1.165) is 30.4 Å². The maximum atomic E-state index is 13.2. The van der Waals surface area contributed by atoms with Crippen LogP contribution in [0, 0.1) is 11.7 Å². The number of hydrogen-bond acceptors (Lipinski definition) is 3. The zero-order chi connectivity index (χ0) is 12.3. The molecule has 1 fully saturated rings. The zero-order valence-electron chi connectivity index (χ0n) is 10.5. The Hall–Kier alpha value is -1.16. The molecule has 1 aromatic heterocycles. The number of pyridine rings is 1. The first-order valence-electron chi connectivity index (χ1n) is 6.24. The fourth-order valence-corrected chi connectivity index (χ4v) is 2.30. The smallest absolute Gasteiger partial charge is 0.141 e. The molecule has 1 saturated heterocycles. The largest absolute Gasteiger partial charge is 0.356 e. The van der Waals surface area contributed by atoms with Crippen LogP contribution in [0.2, 0.25) is 0 Å². The van der Waals surface area contributed by atoms with Crippen molar-refractivity contribution in [3.63, 3.8) is 0 Å². The van der Waals surface area contributed by atoms with Gasteiger partial charge in [0.1, 0.15) is 11.6 Å². The monoisotopic (exact) mass is 237 g/mol. The van der Waals surface area contributed by atoms with Crippen molar-refractivity contribution < 1.29 is 4.39 Å². The standard InChI is InChI=1S/C13H20FN3/c1-10-3-5-17(6-4-10)13-11(8-15-2)7-12(14)9-16-13/h7,9-10,15H,3-6,8H2,1-2H3. The Morgan fingerprint density at radius 2 is 2.18 bits per heavy atom. The van der Waals surface area contributed by atoms with Crippen LogP contribution >= 0.6 is 0 Å². The van der Waals surface area contributed by atoms with Crippen molar-refractivity contribution in [1.82, 2.24) is 10.3 Å². The summed E-state index contributed by atoms with van der Waals surface area (Å²) >= 11 is 0. The SMILES string of the molecule is CNCc1cc(F)cnc1N1CCC(C)CC1. The Morgan fingerprint density at radius 3 is 2.82 bits per heavy atom. The van der Waals surface area contributed by atoms with Gasteiger partial charge in [-0.25, -0.2) is 9.37 Å². The molecule has 1 N–H and O–H groups in total. The topological polar surface area (TPSA) is 28.2 Å². The summed E-state index contributed by atoms with van der Waals surface area (Å²) in [6.45, 7) is 4.99. The van der Waals surface area contributed by atoms with E-state index in [1.165, 1.54) is 19.0 Å². The normalized spacial score (nSPS) is 17.5. The molecule has 0 aliphatic carbocycles. The Bertz CT molecular complexity index is 373. The molecular weight excluding hydrogens is 217 g/mol. The van der Waals surface area contributed by atoms with Crippen LogP contribution in [0.4, 0.5) is 10.2 Å². The van der Waals surface area contributed by atoms with Crippen LogP contribution in [-0.2, 0) is 6.54 Å². The van der Waals surface area contributed by atoms with Gasteiger partial charge in [0.25, 0.3) is 0 Å². The molecule has 4 heteroatoms. The third kappa shape index (κ3) is 2.94. The Morgan fingerprint density at radius 1 is 1.47 bits per heavy atom. The van der Waals surface area contributed by atoms with Crippen LogP contribution < -0.4 is 10.2 Å². The zero-order valence-corrected chi connectivity index (χ0v) is 10.5. The van der Waals surface area contributed by atoms with Gasteiger partial charge in [0, 0.05) is 25.2 Å². The van der Waals surface area contributed by atoms with Crippen molar-refractivity contribution >= 4 is 5.82 Å². The van der Waals surface area contributed by atoms with Crippen molar-refractivity contribution in [3.8, 4) is 0 Å². The summed E-state index contributed by atoms with van der Waals surface area (Å²) in [6.07, 6.45) is 3.70. The summed E-state index contributed by atoms with van der Waals surface area (Å²) in [5.41, 5.74) is 0.946. The average molecular weight is 237 g/mol. The molecule has 0 amide bonds. The van der Waals surface area contributed by atoms with Crippen LogP contribution in [0.25, 0.3) is 0 Å². The van der Waals surface area contributed by atoms with Crippen LogP contribution in [-0.4, -0.2) is 25.1 Å². The number of nitrogens with zero attached hydrogens (tertiary/aromatic N) is 2. The van der Waals surface area contributed by atoms with Gasteiger partial charge in [0.15, 0.2) is 0 Å². The molecule has 2 rings (SSSR count). The van der Waals surface area contributed by atoms with Gasteiger partial charge < -0.3 is 10.2 Å². The lowest BCUT2D eigenvalue weighted by Crippen LogP contribution is -2.34. The maximum Gasteiger partial charge on any atom is 0.141 e. The number of nitrogens with one attached hydrogen (secondary N) is 1. The van der Waals surface area contributed by atoms with Gasteiger partial charge in [-0.15, -0.1) is 0 Å². The van der Waals surface area contributed by atoms with Crippen LogP contribution in [0.15, 0.2) is 12.3 Å². The quantitative estimate of drug-likeness (QED) is 0.873. The molecule has 0 radical (unpaired) electrons. The molecule has 0 aromatic carbocycles. The van der Waals surface area contributed by atoms with Crippen molar-refractivity contribution in [3.05, 3.63) is 23.6 Å². The minimum Gasteiger partial charge on any atom is -0.356 e. The number of rotatable bonds is 3. The van der Waals surface area contributed by atoms with E-state index in [0.29, 0.717) is 6.54 Å². The van der Waals surface area contributed by atoms with Crippen LogP contribution in [0.5, 0.6) is 0 Å². The Balaban J connectivity index is 2.18. The molecule has 17 heavy (non-hydrogen) atoms. The lowest BCUT2D eigenvalue weighted by Gasteiger charge is -2.32. The number of halogens is 1. The van der Waals surface area contributed by atoms with Gasteiger partial charge in [0.2, 0.25) is 0 Å². The second-order valence-corrected chi connectivity index (χ2v) is 4.84. The molecule has 0 bridgehead atoms. The van der Waals surface area contributed by atoms with Gasteiger partial charge in [-0.2, -0.15) is 0 Å². The highest BCUT2D eigenvalue weighted by molar-refractivity contribution is 5.47. The van der Waals surface area contributed by atoms with E-state index in [2.05, 4.69) is 22.1 Å². The summed E-state index contributed by atoms with van der Waals surface area (Å²) < 4.78 is 13.2. The highest BCUT2D eigenvalue weighted by atomic mass is 19.1. The van der Waals surface area contributed by atoms with E-state index < -0.39 is 0 Å². The molecule has 1 aliphatic heterocycles. The number of aromatic nitrogens is 1. The fourth-order valence-electron chi connectivity index (χ4n) is 2.30.